The van der Waals surface area contributed by atoms with Gasteiger partial charge in [-0.05, 0) is 42.4 Å². The molecule has 8 nitrogen and oxygen atoms in total. The van der Waals surface area contributed by atoms with Crippen LogP contribution in [0.2, 0.25) is 0 Å². The van der Waals surface area contributed by atoms with Gasteiger partial charge in [0.05, 0.1) is 12.0 Å². The highest BCUT2D eigenvalue weighted by Gasteiger charge is 2.17. The quantitative estimate of drug-likeness (QED) is 0.339. The molecule has 9 heteroatoms. The Morgan fingerprint density at radius 2 is 1.72 bits per heavy atom. The van der Waals surface area contributed by atoms with Gasteiger partial charge in [-0.2, -0.15) is 9.97 Å². The molecule has 188 valence electrons. The fourth-order valence-electron chi connectivity index (χ4n) is 4.33. The molecule has 2 N–H and O–H groups in total. The first kappa shape index (κ1) is 24.2. The summed E-state index contributed by atoms with van der Waals surface area (Å²) in [6.45, 7) is 6.11. The maximum absolute atomic E-state index is 13.5. The van der Waals surface area contributed by atoms with E-state index in [0.29, 0.717) is 30.7 Å². The molecule has 1 aliphatic heterocycles. The first-order chi connectivity index (χ1) is 17.6. The Hall–Kier alpha value is -3.53. The third kappa shape index (κ3) is 5.64. The van der Waals surface area contributed by atoms with Gasteiger partial charge in [-0.1, -0.05) is 24.3 Å². The number of fused-ring (bicyclic) bond motifs is 1. The normalized spacial score (nSPS) is 14.9. The number of H-pyrrole nitrogens is 1. The molecule has 1 aliphatic rings. The molecular formula is C27H31FN6O2. The van der Waals surface area contributed by atoms with Crippen LogP contribution >= 0.6 is 0 Å². The van der Waals surface area contributed by atoms with Crippen molar-refractivity contribution in [3.05, 3.63) is 66.1 Å². The Kier molecular flexibility index (Phi) is 7.41. The first-order valence-corrected chi connectivity index (χ1v) is 12.1. The number of ether oxygens (including phenoxy) is 2. The Morgan fingerprint density at radius 3 is 2.44 bits per heavy atom. The van der Waals surface area contributed by atoms with Gasteiger partial charge in [0.25, 0.3) is 0 Å². The van der Waals surface area contributed by atoms with Crippen LogP contribution in [-0.2, 0) is 11.3 Å². The molecule has 1 fully saturated rings. The lowest BCUT2D eigenvalue weighted by Gasteiger charge is -2.32. The monoisotopic (exact) mass is 490 g/mol. The summed E-state index contributed by atoms with van der Waals surface area (Å²) in [6, 6.07) is 14.7. The average molecular weight is 491 g/mol. The van der Waals surface area contributed by atoms with Crippen molar-refractivity contribution >= 4 is 22.7 Å². The van der Waals surface area contributed by atoms with E-state index in [4.69, 9.17) is 9.47 Å². The molecule has 0 aliphatic carbocycles. The van der Waals surface area contributed by atoms with E-state index in [-0.39, 0.29) is 5.82 Å². The number of aromatic nitrogens is 3. The Bertz CT molecular complexity index is 1280. The van der Waals surface area contributed by atoms with Crippen molar-refractivity contribution < 1.29 is 13.9 Å². The van der Waals surface area contributed by atoms with Gasteiger partial charge in [0, 0.05) is 57.3 Å². The number of nitrogens with zero attached hydrogens (tertiary/aromatic N) is 4. The number of likely N-dealkylation sites (N-methyl/N-ethyl adjacent to an activating group) is 1. The standard InChI is InChI=1S/C27H31FN6O2/c1-33-11-13-34(14-12-33)18-19-3-9-22(10-4-19)30-27-31-25-24(26(32-27)36-16-15-35-2)23(17-29-25)20-5-7-21(28)8-6-20/h3-10,17H,11-16,18H2,1-2H3,(H2,29,30,31,32). The topological polar surface area (TPSA) is 78.5 Å². The molecule has 4 aromatic rings. The highest BCUT2D eigenvalue weighted by molar-refractivity contribution is 5.97. The lowest BCUT2D eigenvalue weighted by atomic mass is 10.1. The van der Waals surface area contributed by atoms with Crippen LogP contribution in [-0.4, -0.2) is 78.3 Å². The molecule has 0 atom stereocenters. The van der Waals surface area contributed by atoms with Gasteiger partial charge in [0.2, 0.25) is 11.8 Å². The van der Waals surface area contributed by atoms with Crippen LogP contribution in [0.4, 0.5) is 16.0 Å². The van der Waals surface area contributed by atoms with Crippen LogP contribution in [0.5, 0.6) is 5.88 Å². The summed E-state index contributed by atoms with van der Waals surface area (Å²) in [5.41, 5.74) is 4.49. The summed E-state index contributed by atoms with van der Waals surface area (Å²) < 4.78 is 24.6. The van der Waals surface area contributed by atoms with E-state index in [1.165, 1.54) is 17.7 Å². The van der Waals surface area contributed by atoms with Crippen LogP contribution < -0.4 is 10.1 Å². The van der Waals surface area contributed by atoms with Crippen molar-refractivity contribution in [3.8, 4) is 17.0 Å². The second-order valence-corrected chi connectivity index (χ2v) is 9.03. The summed E-state index contributed by atoms with van der Waals surface area (Å²) in [4.78, 5) is 17.4. The molecule has 0 radical (unpaired) electrons. The number of nitrogens with one attached hydrogen (secondary N) is 2. The van der Waals surface area contributed by atoms with Crippen molar-refractivity contribution in [1.82, 2.24) is 24.8 Å². The molecule has 36 heavy (non-hydrogen) atoms. The number of anilines is 2. The first-order valence-electron chi connectivity index (χ1n) is 12.1. The van der Waals surface area contributed by atoms with Crippen LogP contribution in [0.25, 0.3) is 22.2 Å². The van der Waals surface area contributed by atoms with Gasteiger partial charge in [-0.15, -0.1) is 0 Å². The number of methoxy groups -OCH3 is 1. The number of aromatic amines is 1. The Morgan fingerprint density at radius 1 is 0.972 bits per heavy atom. The Labute approximate surface area is 210 Å². The lowest BCUT2D eigenvalue weighted by molar-refractivity contribution is 0.144. The second kappa shape index (κ2) is 11.0. The van der Waals surface area contributed by atoms with Gasteiger partial charge in [-0.25, -0.2) is 4.39 Å². The van der Waals surface area contributed by atoms with Crippen LogP contribution in [0.3, 0.4) is 0 Å². The van der Waals surface area contributed by atoms with E-state index >= 15 is 0 Å². The molecular weight excluding hydrogens is 459 g/mol. The molecule has 2 aromatic heterocycles. The van der Waals surface area contributed by atoms with E-state index in [1.807, 2.05) is 18.3 Å². The molecule has 0 unspecified atom stereocenters. The summed E-state index contributed by atoms with van der Waals surface area (Å²) in [5, 5.41) is 4.04. The van der Waals surface area contributed by atoms with E-state index < -0.39 is 0 Å². The third-order valence-electron chi connectivity index (χ3n) is 6.39. The zero-order valence-electron chi connectivity index (χ0n) is 20.6. The summed E-state index contributed by atoms with van der Waals surface area (Å²) in [7, 11) is 3.79. The number of hydrogen-bond acceptors (Lipinski definition) is 7. The van der Waals surface area contributed by atoms with Gasteiger partial charge in [-0.3, -0.25) is 4.90 Å². The molecule has 0 amide bonds. The minimum absolute atomic E-state index is 0.285. The molecule has 0 bridgehead atoms. The van der Waals surface area contributed by atoms with Gasteiger partial charge < -0.3 is 24.7 Å². The smallest absolute Gasteiger partial charge is 0.232 e. The van der Waals surface area contributed by atoms with E-state index in [9.17, 15) is 4.39 Å². The van der Waals surface area contributed by atoms with Crippen molar-refractivity contribution in [2.75, 3.05) is 58.9 Å². The zero-order valence-corrected chi connectivity index (χ0v) is 20.6. The fraction of sp³-hybridized carbons (Fsp3) is 0.333. The van der Waals surface area contributed by atoms with Gasteiger partial charge in [0.15, 0.2) is 0 Å². The van der Waals surface area contributed by atoms with Crippen molar-refractivity contribution in [2.24, 2.45) is 0 Å². The maximum Gasteiger partial charge on any atom is 0.232 e. The zero-order chi connectivity index (χ0) is 24.9. The minimum atomic E-state index is -0.285. The number of rotatable bonds is 9. The van der Waals surface area contributed by atoms with E-state index in [1.54, 1.807) is 19.2 Å². The minimum Gasteiger partial charge on any atom is -0.475 e. The Balaban J connectivity index is 1.37. The van der Waals surface area contributed by atoms with Gasteiger partial charge >= 0.3 is 0 Å². The lowest BCUT2D eigenvalue weighted by Crippen LogP contribution is -2.43. The third-order valence-corrected chi connectivity index (χ3v) is 6.39. The van der Waals surface area contributed by atoms with Crippen molar-refractivity contribution in [2.45, 2.75) is 6.54 Å². The van der Waals surface area contributed by atoms with Crippen LogP contribution in [0, 0.1) is 5.82 Å². The largest absolute Gasteiger partial charge is 0.475 e. The van der Waals surface area contributed by atoms with E-state index in [2.05, 4.69) is 49.2 Å². The van der Waals surface area contributed by atoms with Crippen LogP contribution in [0.1, 0.15) is 5.56 Å². The van der Waals surface area contributed by atoms with Gasteiger partial charge in [0.1, 0.15) is 18.1 Å². The summed E-state index contributed by atoms with van der Waals surface area (Å²) >= 11 is 0. The molecule has 1 saturated heterocycles. The predicted octanol–water partition coefficient (Wildman–Crippen LogP) is 4.28. The predicted molar refractivity (Wildman–Crippen MR) is 139 cm³/mol. The maximum atomic E-state index is 13.5. The number of halogens is 1. The molecule has 2 aromatic carbocycles. The highest BCUT2D eigenvalue weighted by atomic mass is 19.1. The highest BCUT2D eigenvalue weighted by Crippen LogP contribution is 2.35. The average Bonchev–Trinajstić information content (AvgIpc) is 3.31. The molecule has 3 heterocycles. The molecule has 0 saturated carbocycles. The van der Waals surface area contributed by atoms with Crippen LogP contribution in [0.15, 0.2) is 54.7 Å². The number of piperazine rings is 1. The summed E-state index contributed by atoms with van der Waals surface area (Å²) in [5.74, 6) is 0.577. The number of benzene rings is 2. The van der Waals surface area contributed by atoms with Crippen molar-refractivity contribution in [3.63, 3.8) is 0 Å². The molecule has 5 rings (SSSR count). The van der Waals surface area contributed by atoms with Crippen molar-refractivity contribution in [1.29, 1.82) is 0 Å². The second-order valence-electron chi connectivity index (χ2n) is 9.03. The fourth-order valence-corrected chi connectivity index (χ4v) is 4.33. The number of hydrogen-bond donors (Lipinski definition) is 2. The summed E-state index contributed by atoms with van der Waals surface area (Å²) in [6.07, 6.45) is 1.84. The van der Waals surface area contributed by atoms with E-state index in [0.717, 1.165) is 54.9 Å². The SMILES string of the molecule is COCCOc1nc(Nc2ccc(CN3CCN(C)CC3)cc2)nc2[nH]cc(-c3ccc(F)cc3)c12. The molecule has 0 spiro atoms.